The average molecular weight is 239 g/mol. The van der Waals surface area contributed by atoms with Crippen LogP contribution in [0, 0.1) is 23.7 Å². The monoisotopic (exact) mass is 239 g/mol. The van der Waals surface area contributed by atoms with Gasteiger partial charge in [-0.2, -0.15) is 0 Å². The third-order valence-electron chi connectivity index (χ3n) is 4.88. The Kier molecular flexibility index (Phi) is 7.18. The van der Waals surface area contributed by atoms with Crippen LogP contribution in [0.2, 0.25) is 0 Å². The van der Waals surface area contributed by atoms with Gasteiger partial charge in [-0.05, 0) is 56.0 Å². The standard InChI is InChI=1S/C16H33N/c1-5-13(4)10-16-11-14(6-2)8-9-15(16)12-17-7-3/h13-17H,5-12H2,1-4H3. The molecule has 1 nitrogen and oxygen atoms in total. The highest BCUT2D eigenvalue weighted by Gasteiger charge is 2.29. The van der Waals surface area contributed by atoms with Gasteiger partial charge in [0.1, 0.15) is 0 Å². The van der Waals surface area contributed by atoms with Crippen LogP contribution in [-0.4, -0.2) is 13.1 Å². The number of hydrogen-bond donors (Lipinski definition) is 1. The number of hydrogen-bond acceptors (Lipinski definition) is 1. The summed E-state index contributed by atoms with van der Waals surface area (Å²) < 4.78 is 0. The molecular weight excluding hydrogens is 206 g/mol. The van der Waals surface area contributed by atoms with Gasteiger partial charge in [0.25, 0.3) is 0 Å². The van der Waals surface area contributed by atoms with Crippen LogP contribution in [0.4, 0.5) is 0 Å². The van der Waals surface area contributed by atoms with Crippen molar-refractivity contribution in [1.82, 2.24) is 5.32 Å². The van der Waals surface area contributed by atoms with Crippen molar-refractivity contribution in [3.05, 3.63) is 0 Å². The molecule has 0 radical (unpaired) electrons. The second-order valence-corrected chi connectivity index (χ2v) is 6.16. The minimum atomic E-state index is 0.916. The molecule has 0 spiro atoms. The first-order valence-electron chi connectivity index (χ1n) is 7.91. The molecule has 17 heavy (non-hydrogen) atoms. The van der Waals surface area contributed by atoms with Crippen LogP contribution in [0.1, 0.15) is 66.2 Å². The van der Waals surface area contributed by atoms with Crippen molar-refractivity contribution in [1.29, 1.82) is 0 Å². The van der Waals surface area contributed by atoms with Crippen LogP contribution in [0.15, 0.2) is 0 Å². The van der Waals surface area contributed by atoms with Crippen LogP contribution < -0.4 is 5.32 Å². The molecule has 102 valence electrons. The molecule has 0 bridgehead atoms. The highest BCUT2D eigenvalue weighted by atomic mass is 14.8. The van der Waals surface area contributed by atoms with Crippen molar-refractivity contribution in [3.8, 4) is 0 Å². The Balaban J connectivity index is 2.48. The summed E-state index contributed by atoms with van der Waals surface area (Å²) in [5.74, 6) is 3.87. The third-order valence-corrected chi connectivity index (χ3v) is 4.88. The van der Waals surface area contributed by atoms with Crippen molar-refractivity contribution >= 4 is 0 Å². The van der Waals surface area contributed by atoms with E-state index >= 15 is 0 Å². The number of rotatable bonds is 7. The maximum atomic E-state index is 3.57. The van der Waals surface area contributed by atoms with Crippen LogP contribution in [0.3, 0.4) is 0 Å². The summed E-state index contributed by atoms with van der Waals surface area (Å²) in [7, 11) is 0. The average Bonchev–Trinajstić information content (AvgIpc) is 2.36. The van der Waals surface area contributed by atoms with Gasteiger partial charge in [-0.15, -0.1) is 0 Å². The van der Waals surface area contributed by atoms with E-state index in [1.165, 1.54) is 45.1 Å². The van der Waals surface area contributed by atoms with Gasteiger partial charge in [-0.25, -0.2) is 0 Å². The zero-order valence-electron chi connectivity index (χ0n) is 12.5. The quantitative estimate of drug-likeness (QED) is 0.691. The Morgan fingerprint density at radius 3 is 2.47 bits per heavy atom. The van der Waals surface area contributed by atoms with Crippen LogP contribution >= 0.6 is 0 Å². The van der Waals surface area contributed by atoms with E-state index in [9.17, 15) is 0 Å². The van der Waals surface area contributed by atoms with Gasteiger partial charge in [-0.1, -0.05) is 47.0 Å². The van der Waals surface area contributed by atoms with Crippen molar-refractivity contribution < 1.29 is 0 Å². The van der Waals surface area contributed by atoms with Crippen LogP contribution in [0.25, 0.3) is 0 Å². The SMILES string of the molecule is CCNCC1CCC(CC)CC1CC(C)CC. The molecule has 1 heteroatoms. The summed E-state index contributed by atoms with van der Waals surface area (Å²) in [6.45, 7) is 11.7. The van der Waals surface area contributed by atoms with E-state index in [0.717, 1.165) is 30.2 Å². The molecule has 1 saturated carbocycles. The van der Waals surface area contributed by atoms with E-state index in [-0.39, 0.29) is 0 Å². The fourth-order valence-corrected chi connectivity index (χ4v) is 3.37. The summed E-state index contributed by atoms with van der Waals surface area (Å²) in [5, 5.41) is 3.57. The van der Waals surface area contributed by atoms with E-state index in [1.807, 2.05) is 0 Å². The number of nitrogens with one attached hydrogen (secondary N) is 1. The summed E-state index contributed by atoms with van der Waals surface area (Å²) in [4.78, 5) is 0. The first-order chi connectivity index (χ1) is 8.21. The maximum Gasteiger partial charge on any atom is -0.00180 e. The van der Waals surface area contributed by atoms with Gasteiger partial charge in [0.15, 0.2) is 0 Å². The van der Waals surface area contributed by atoms with E-state index in [1.54, 1.807) is 0 Å². The van der Waals surface area contributed by atoms with Crippen molar-refractivity contribution in [2.24, 2.45) is 23.7 Å². The van der Waals surface area contributed by atoms with Gasteiger partial charge in [0, 0.05) is 0 Å². The minimum absolute atomic E-state index is 0.916. The molecule has 1 N–H and O–H groups in total. The van der Waals surface area contributed by atoms with Gasteiger partial charge >= 0.3 is 0 Å². The van der Waals surface area contributed by atoms with Crippen molar-refractivity contribution in [2.75, 3.05) is 13.1 Å². The van der Waals surface area contributed by atoms with Gasteiger partial charge in [-0.3, -0.25) is 0 Å². The molecule has 4 unspecified atom stereocenters. The van der Waals surface area contributed by atoms with E-state index in [2.05, 4.69) is 33.0 Å². The molecule has 1 aliphatic rings. The molecule has 0 aromatic heterocycles. The molecule has 0 saturated heterocycles. The van der Waals surface area contributed by atoms with E-state index in [4.69, 9.17) is 0 Å². The lowest BCUT2D eigenvalue weighted by Gasteiger charge is -2.37. The van der Waals surface area contributed by atoms with Gasteiger partial charge in [0.2, 0.25) is 0 Å². The molecule has 1 fully saturated rings. The summed E-state index contributed by atoms with van der Waals surface area (Å²) in [6, 6.07) is 0. The zero-order valence-corrected chi connectivity index (χ0v) is 12.5. The maximum absolute atomic E-state index is 3.57. The van der Waals surface area contributed by atoms with E-state index in [0.29, 0.717) is 0 Å². The predicted molar refractivity (Wildman–Crippen MR) is 77.2 cm³/mol. The lowest BCUT2D eigenvalue weighted by Crippen LogP contribution is -2.33. The molecule has 0 aromatic carbocycles. The van der Waals surface area contributed by atoms with Gasteiger partial charge in [0.05, 0.1) is 0 Å². The smallest absolute Gasteiger partial charge is 0.00180 e. The second kappa shape index (κ2) is 8.13. The van der Waals surface area contributed by atoms with Crippen molar-refractivity contribution in [3.63, 3.8) is 0 Å². The Morgan fingerprint density at radius 1 is 1.12 bits per heavy atom. The van der Waals surface area contributed by atoms with Crippen molar-refractivity contribution in [2.45, 2.75) is 66.2 Å². The molecule has 1 rings (SSSR count). The molecule has 1 aliphatic carbocycles. The molecule has 0 amide bonds. The fourth-order valence-electron chi connectivity index (χ4n) is 3.37. The molecular formula is C16H33N. The topological polar surface area (TPSA) is 12.0 Å². The minimum Gasteiger partial charge on any atom is -0.317 e. The summed E-state index contributed by atoms with van der Waals surface area (Å²) in [6.07, 6.45) is 8.64. The molecule has 4 atom stereocenters. The van der Waals surface area contributed by atoms with Crippen LogP contribution in [-0.2, 0) is 0 Å². The first-order valence-corrected chi connectivity index (χ1v) is 7.91. The molecule has 0 aromatic rings. The highest BCUT2D eigenvalue weighted by Crippen LogP contribution is 2.38. The molecule has 0 aliphatic heterocycles. The Hall–Kier alpha value is -0.0400. The summed E-state index contributed by atoms with van der Waals surface area (Å²) in [5.41, 5.74) is 0. The largest absolute Gasteiger partial charge is 0.317 e. The Bertz CT molecular complexity index is 188. The first kappa shape index (κ1) is 15.0. The second-order valence-electron chi connectivity index (χ2n) is 6.16. The lowest BCUT2D eigenvalue weighted by atomic mass is 9.70. The Labute approximate surface area is 109 Å². The summed E-state index contributed by atoms with van der Waals surface area (Å²) >= 11 is 0. The Morgan fingerprint density at radius 2 is 1.88 bits per heavy atom. The van der Waals surface area contributed by atoms with E-state index < -0.39 is 0 Å². The molecule has 0 heterocycles. The lowest BCUT2D eigenvalue weighted by molar-refractivity contribution is 0.147. The third kappa shape index (κ3) is 4.99. The highest BCUT2D eigenvalue weighted by molar-refractivity contribution is 4.82. The normalized spacial score (nSPS) is 31.4. The predicted octanol–water partition coefficient (Wildman–Crippen LogP) is 4.47. The fraction of sp³-hybridized carbons (Fsp3) is 1.00. The zero-order chi connectivity index (χ0) is 12.7. The van der Waals surface area contributed by atoms with Crippen LogP contribution in [0.5, 0.6) is 0 Å². The van der Waals surface area contributed by atoms with Gasteiger partial charge < -0.3 is 5.32 Å².